The molecule has 1 heterocycles. The zero-order chi connectivity index (χ0) is 12.2. The van der Waals surface area contributed by atoms with Crippen molar-refractivity contribution in [1.82, 2.24) is 15.0 Å². The van der Waals surface area contributed by atoms with Crippen molar-refractivity contribution < 1.29 is 17.9 Å². The van der Waals surface area contributed by atoms with Crippen molar-refractivity contribution in [2.24, 2.45) is 0 Å². The van der Waals surface area contributed by atoms with E-state index < -0.39 is 12.7 Å². The highest BCUT2D eigenvalue weighted by atomic mass is 35.5. The SMILES string of the molecule is CCOc1nc(Cl)nc(NCC(F)(F)F)n1. The van der Waals surface area contributed by atoms with Crippen LogP contribution in [-0.2, 0) is 0 Å². The Bertz CT molecular complexity index is 360. The maximum absolute atomic E-state index is 11.9. The number of halogens is 4. The first-order valence-corrected chi connectivity index (χ1v) is 4.63. The molecule has 0 saturated heterocycles. The molecule has 0 bridgehead atoms. The summed E-state index contributed by atoms with van der Waals surface area (Å²) in [6, 6.07) is -0.118. The minimum atomic E-state index is -4.36. The number of aromatic nitrogens is 3. The summed E-state index contributed by atoms with van der Waals surface area (Å²) in [6.07, 6.45) is -4.36. The van der Waals surface area contributed by atoms with Crippen LogP contribution in [0.5, 0.6) is 6.01 Å². The third-order valence-electron chi connectivity index (χ3n) is 1.31. The molecule has 0 unspecified atom stereocenters. The average molecular weight is 257 g/mol. The van der Waals surface area contributed by atoms with Gasteiger partial charge in [0.05, 0.1) is 6.61 Å². The molecule has 0 aliphatic heterocycles. The molecule has 1 aromatic rings. The van der Waals surface area contributed by atoms with Crippen molar-refractivity contribution in [3.8, 4) is 6.01 Å². The monoisotopic (exact) mass is 256 g/mol. The first-order chi connectivity index (χ1) is 7.40. The summed E-state index contributed by atoms with van der Waals surface area (Å²) in [7, 11) is 0. The van der Waals surface area contributed by atoms with E-state index >= 15 is 0 Å². The molecule has 0 fully saturated rings. The van der Waals surface area contributed by atoms with Crippen LogP contribution in [0.2, 0.25) is 5.28 Å². The summed E-state index contributed by atoms with van der Waals surface area (Å²) in [5.74, 6) is -0.277. The molecule has 9 heteroatoms. The lowest BCUT2D eigenvalue weighted by molar-refractivity contribution is -0.115. The van der Waals surface area contributed by atoms with Crippen LogP contribution in [0.4, 0.5) is 19.1 Å². The molecule has 90 valence electrons. The second-order valence-electron chi connectivity index (χ2n) is 2.61. The second-order valence-corrected chi connectivity index (χ2v) is 2.95. The second kappa shape index (κ2) is 5.15. The molecule has 0 amide bonds. The van der Waals surface area contributed by atoms with E-state index in [4.69, 9.17) is 16.3 Å². The van der Waals surface area contributed by atoms with E-state index in [2.05, 4.69) is 15.0 Å². The number of alkyl halides is 3. The third kappa shape index (κ3) is 4.47. The van der Waals surface area contributed by atoms with Gasteiger partial charge < -0.3 is 10.1 Å². The molecular formula is C7H8ClF3N4O. The Balaban J connectivity index is 2.72. The molecule has 0 atom stereocenters. The summed E-state index contributed by atoms with van der Waals surface area (Å²) in [6.45, 7) is 0.707. The van der Waals surface area contributed by atoms with Gasteiger partial charge >= 0.3 is 12.2 Å². The van der Waals surface area contributed by atoms with E-state index in [-0.39, 0.29) is 23.8 Å². The van der Waals surface area contributed by atoms with E-state index in [0.717, 1.165) is 0 Å². The Labute approximate surface area is 94.0 Å². The Kier molecular flexibility index (Phi) is 4.11. The number of ether oxygens (including phenoxy) is 1. The van der Waals surface area contributed by atoms with Crippen LogP contribution in [0.3, 0.4) is 0 Å². The molecule has 1 rings (SSSR count). The highest BCUT2D eigenvalue weighted by Crippen LogP contribution is 2.16. The molecule has 16 heavy (non-hydrogen) atoms. The first-order valence-electron chi connectivity index (χ1n) is 4.25. The fraction of sp³-hybridized carbons (Fsp3) is 0.571. The number of anilines is 1. The molecule has 0 aliphatic carbocycles. The van der Waals surface area contributed by atoms with Crippen LogP contribution in [0, 0.1) is 0 Å². The van der Waals surface area contributed by atoms with E-state index in [1.54, 1.807) is 6.92 Å². The van der Waals surface area contributed by atoms with Crippen LogP contribution >= 0.6 is 11.6 Å². The van der Waals surface area contributed by atoms with Crippen molar-refractivity contribution in [2.75, 3.05) is 18.5 Å². The molecule has 0 spiro atoms. The van der Waals surface area contributed by atoms with Gasteiger partial charge in [0, 0.05) is 0 Å². The van der Waals surface area contributed by atoms with Gasteiger partial charge in [-0.3, -0.25) is 0 Å². The quantitative estimate of drug-likeness (QED) is 0.892. The number of nitrogens with zero attached hydrogens (tertiary/aromatic N) is 3. The molecular weight excluding hydrogens is 249 g/mol. The average Bonchev–Trinajstić information content (AvgIpc) is 2.13. The predicted octanol–water partition coefficient (Wildman–Crippen LogP) is 1.90. The van der Waals surface area contributed by atoms with Gasteiger partial charge in [-0.25, -0.2) is 0 Å². The normalized spacial score (nSPS) is 11.3. The van der Waals surface area contributed by atoms with Gasteiger partial charge in [0.2, 0.25) is 11.2 Å². The molecule has 0 aliphatic rings. The number of rotatable bonds is 4. The molecule has 0 aromatic carbocycles. The number of hydrogen-bond donors (Lipinski definition) is 1. The van der Waals surface area contributed by atoms with Crippen molar-refractivity contribution in [1.29, 1.82) is 0 Å². The largest absolute Gasteiger partial charge is 0.464 e. The standard InChI is InChI=1S/C7H8ClF3N4O/c1-2-16-6-14-4(8)13-5(15-6)12-3-7(9,10)11/h2-3H2,1H3,(H,12,13,14,15). The molecule has 1 N–H and O–H groups in total. The van der Waals surface area contributed by atoms with Crippen molar-refractivity contribution in [3.63, 3.8) is 0 Å². The van der Waals surface area contributed by atoms with E-state index in [0.29, 0.717) is 0 Å². The summed E-state index contributed by atoms with van der Waals surface area (Å²) >= 11 is 5.47. The van der Waals surface area contributed by atoms with Gasteiger partial charge in [0.1, 0.15) is 6.54 Å². The van der Waals surface area contributed by atoms with Crippen LogP contribution in [0.25, 0.3) is 0 Å². The minimum absolute atomic E-state index is 0.118. The molecule has 1 aromatic heterocycles. The van der Waals surface area contributed by atoms with Crippen molar-refractivity contribution in [2.45, 2.75) is 13.1 Å². The van der Waals surface area contributed by atoms with Gasteiger partial charge in [0.25, 0.3) is 0 Å². The third-order valence-corrected chi connectivity index (χ3v) is 1.48. The van der Waals surface area contributed by atoms with Crippen molar-refractivity contribution in [3.05, 3.63) is 5.28 Å². The Morgan fingerprint density at radius 3 is 2.56 bits per heavy atom. The minimum Gasteiger partial charge on any atom is -0.464 e. The maximum Gasteiger partial charge on any atom is 0.405 e. The van der Waals surface area contributed by atoms with Crippen LogP contribution in [0.1, 0.15) is 6.92 Å². The summed E-state index contributed by atoms with van der Waals surface area (Å²) < 4.78 is 40.6. The number of hydrogen-bond acceptors (Lipinski definition) is 5. The molecule has 0 radical (unpaired) electrons. The van der Waals surface area contributed by atoms with Gasteiger partial charge in [-0.1, -0.05) is 0 Å². The molecule has 5 nitrogen and oxygen atoms in total. The summed E-state index contributed by atoms with van der Waals surface area (Å²) in [4.78, 5) is 10.6. The van der Waals surface area contributed by atoms with Crippen LogP contribution in [0.15, 0.2) is 0 Å². The topological polar surface area (TPSA) is 59.9 Å². The van der Waals surface area contributed by atoms with Gasteiger partial charge in [-0.05, 0) is 18.5 Å². The lowest BCUT2D eigenvalue weighted by atomic mass is 10.6. The van der Waals surface area contributed by atoms with Gasteiger partial charge in [0.15, 0.2) is 0 Å². The first kappa shape index (κ1) is 12.8. The van der Waals surface area contributed by atoms with Gasteiger partial charge in [-0.2, -0.15) is 28.1 Å². The van der Waals surface area contributed by atoms with E-state index in [1.165, 1.54) is 0 Å². The maximum atomic E-state index is 11.9. The van der Waals surface area contributed by atoms with E-state index in [1.807, 2.05) is 5.32 Å². The highest BCUT2D eigenvalue weighted by Gasteiger charge is 2.27. The highest BCUT2D eigenvalue weighted by molar-refractivity contribution is 6.28. The zero-order valence-corrected chi connectivity index (χ0v) is 8.93. The summed E-state index contributed by atoms with van der Waals surface area (Å²) in [5.41, 5.74) is 0. The van der Waals surface area contributed by atoms with Crippen LogP contribution < -0.4 is 10.1 Å². The summed E-state index contributed by atoms with van der Waals surface area (Å²) in [5, 5.41) is 1.74. The van der Waals surface area contributed by atoms with Crippen molar-refractivity contribution >= 4 is 17.5 Å². The van der Waals surface area contributed by atoms with E-state index in [9.17, 15) is 13.2 Å². The fourth-order valence-corrected chi connectivity index (χ4v) is 0.936. The lowest BCUT2D eigenvalue weighted by Crippen LogP contribution is -2.22. The smallest absolute Gasteiger partial charge is 0.405 e. The van der Waals surface area contributed by atoms with Crippen LogP contribution in [-0.4, -0.2) is 34.3 Å². The zero-order valence-electron chi connectivity index (χ0n) is 8.18. The fourth-order valence-electron chi connectivity index (χ4n) is 0.784. The Morgan fingerprint density at radius 2 is 2.00 bits per heavy atom. The van der Waals surface area contributed by atoms with Gasteiger partial charge in [-0.15, -0.1) is 0 Å². The number of nitrogens with one attached hydrogen (secondary N) is 1. The Morgan fingerprint density at radius 1 is 1.31 bits per heavy atom. The predicted molar refractivity (Wildman–Crippen MR) is 50.6 cm³/mol. The lowest BCUT2D eigenvalue weighted by Gasteiger charge is -2.08. The molecule has 0 saturated carbocycles. The Hall–Kier alpha value is -1.31.